The zero-order valence-corrected chi connectivity index (χ0v) is 12.9. The number of ether oxygens (including phenoxy) is 1. The van der Waals surface area contributed by atoms with Gasteiger partial charge < -0.3 is 10.1 Å². The van der Waals surface area contributed by atoms with E-state index in [0.29, 0.717) is 11.6 Å². The van der Waals surface area contributed by atoms with Crippen LogP contribution in [0.5, 0.6) is 0 Å². The van der Waals surface area contributed by atoms with E-state index in [1.165, 1.54) is 12.1 Å². The van der Waals surface area contributed by atoms with Crippen molar-refractivity contribution in [2.24, 2.45) is 0 Å². The van der Waals surface area contributed by atoms with Crippen LogP contribution in [0.1, 0.15) is 45.7 Å². The molecule has 1 unspecified atom stereocenters. The Morgan fingerprint density at radius 1 is 1.37 bits per heavy atom. The van der Waals surface area contributed by atoms with Crippen molar-refractivity contribution in [2.75, 3.05) is 13.2 Å². The topological polar surface area (TPSA) is 21.3 Å². The van der Waals surface area contributed by atoms with E-state index >= 15 is 0 Å². The second kappa shape index (κ2) is 7.22. The Hall–Kier alpha value is -0.640. The first-order chi connectivity index (χ1) is 8.92. The van der Waals surface area contributed by atoms with Crippen LogP contribution in [0.15, 0.2) is 18.2 Å². The van der Waals surface area contributed by atoms with Crippen LogP contribution in [0, 0.1) is 5.82 Å². The highest BCUT2D eigenvalue weighted by atomic mass is 35.5. The largest absolute Gasteiger partial charge is 0.374 e. The number of benzene rings is 1. The Labute approximate surface area is 120 Å². The minimum absolute atomic E-state index is 0.143. The third-order valence-corrected chi connectivity index (χ3v) is 3.42. The highest BCUT2D eigenvalue weighted by Gasteiger charge is 2.32. The molecule has 0 aromatic heterocycles. The summed E-state index contributed by atoms with van der Waals surface area (Å²) in [5.74, 6) is -0.282. The average molecular weight is 288 g/mol. The number of nitrogens with one attached hydrogen (secondary N) is 1. The minimum atomic E-state index is -0.457. The van der Waals surface area contributed by atoms with Crippen LogP contribution in [-0.4, -0.2) is 18.8 Å². The molecule has 1 atom stereocenters. The number of rotatable bonds is 7. The van der Waals surface area contributed by atoms with Crippen LogP contribution in [-0.2, 0) is 4.74 Å². The molecule has 19 heavy (non-hydrogen) atoms. The summed E-state index contributed by atoms with van der Waals surface area (Å²) < 4.78 is 19.3. The van der Waals surface area contributed by atoms with Gasteiger partial charge in [0.05, 0.1) is 11.6 Å². The molecular formula is C15H23ClFNO. The maximum Gasteiger partial charge on any atom is 0.123 e. The lowest BCUT2D eigenvalue weighted by molar-refractivity contribution is -0.0392. The molecular weight excluding hydrogens is 265 g/mol. The van der Waals surface area contributed by atoms with Gasteiger partial charge in [-0.15, -0.1) is 0 Å². The van der Waals surface area contributed by atoms with Gasteiger partial charge in [0, 0.05) is 11.6 Å². The van der Waals surface area contributed by atoms with E-state index in [0.717, 1.165) is 18.5 Å². The Morgan fingerprint density at radius 2 is 2.05 bits per heavy atom. The van der Waals surface area contributed by atoms with Crippen LogP contribution in [0.4, 0.5) is 4.39 Å². The van der Waals surface area contributed by atoms with E-state index in [1.807, 2.05) is 20.8 Å². The van der Waals surface area contributed by atoms with Crippen LogP contribution >= 0.6 is 11.6 Å². The smallest absolute Gasteiger partial charge is 0.123 e. The molecule has 0 heterocycles. The van der Waals surface area contributed by atoms with Crippen LogP contribution in [0.3, 0.4) is 0 Å². The fraction of sp³-hybridized carbons (Fsp3) is 0.600. The molecule has 0 amide bonds. The average Bonchev–Trinajstić information content (AvgIpc) is 2.33. The molecule has 4 heteroatoms. The molecule has 0 aliphatic carbocycles. The SMILES string of the molecule is CCCNC(c1cc(F)ccc1Cl)C(C)(C)OCC. The molecule has 1 aromatic rings. The van der Waals surface area contributed by atoms with Crippen molar-refractivity contribution < 1.29 is 9.13 Å². The molecule has 0 aliphatic rings. The maximum atomic E-state index is 13.5. The molecule has 108 valence electrons. The third-order valence-electron chi connectivity index (χ3n) is 3.08. The zero-order valence-electron chi connectivity index (χ0n) is 12.1. The van der Waals surface area contributed by atoms with E-state index in [2.05, 4.69) is 12.2 Å². The monoisotopic (exact) mass is 287 g/mol. The second-order valence-electron chi connectivity index (χ2n) is 5.09. The number of hydrogen-bond donors (Lipinski definition) is 1. The van der Waals surface area contributed by atoms with Crippen LogP contribution < -0.4 is 5.32 Å². The van der Waals surface area contributed by atoms with Gasteiger partial charge in [-0.2, -0.15) is 0 Å². The van der Waals surface area contributed by atoms with Crippen molar-refractivity contribution in [3.63, 3.8) is 0 Å². The molecule has 0 radical (unpaired) electrons. The third kappa shape index (κ3) is 4.44. The number of halogens is 2. The summed E-state index contributed by atoms with van der Waals surface area (Å²) in [7, 11) is 0. The minimum Gasteiger partial charge on any atom is -0.374 e. The van der Waals surface area contributed by atoms with Crippen molar-refractivity contribution in [1.82, 2.24) is 5.32 Å². The lowest BCUT2D eigenvalue weighted by Gasteiger charge is -2.35. The molecule has 2 nitrogen and oxygen atoms in total. The Morgan fingerprint density at radius 3 is 2.63 bits per heavy atom. The van der Waals surface area contributed by atoms with Crippen molar-refractivity contribution in [2.45, 2.75) is 45.8 Å². The summed E-state index contributed by atoms with van der Waals surface area (Å²) >= 11 is 6.21. The van der Waals surface area contributed by atoms with Crippen molar-refractivity contribution in [1.29, 1.82) is 0 Å². The van der Waals surface area contributed by atoms with Gasteiger partial charge in [-0.25, -0.2) is 4.39 Å². The summed E-state index contributed by atoms with van der Waals surface area (Å²) in [6, 6.07) is 4.30. The van der Waals surface area contributed by atoms with Crippen LogP contribution in [0.25, 0.3) is 0 Å². The normalized spacial score (nSPS) is 13.6. The van der Waals surface area contributed by atoms with E-state index in [-0.39, 0.29) is 11.9 Å². The van der Waals surface area contributed by atoms with E-state index in [9.17, 15) is 4.39 Å². The van der Waals surface area contributed by atoms with Gasteiger partial charge in [-0.1, -0.05) is 18.5 Å². The van der Waals surface area contributed by atoms with Gasteiger partial charge in [0.1, 0.15) is 5.82 Å². The Kier molecular flexibility index (Phi) is 6.24. The van der Waals surface area contributed by atoms with Crippen molar-refractivity contribution in [3.05, 3.63) is 34.6 Å². The molecule has 1 N–H and O–H groups in total. The molecule has 1 aromatic carbocycles. The van der Waals surface area contributed by atoms with Gasteiger partial charge in [0.2, 0.25) is 0 Å². The fourth-order valence-corrected chi connectivity index (χ4v) is 2.44. The number of hydrogen-bond acceptors (Lipinski definition) is 2. The first kappa shape index (κ1) is 16.4. The lowest BCUT2D eigenvalue weighted by atomic mass is 9.91. The van der Waals surface area contributed by atoms with Crippen molar-refractivity contribution >= 4 is 11.6 Å². The van der Waals surface area contributed by atoms with E-state index in [1.54, 1.807) is 6.07 Å². The Bertz CT molecular complexity index is 409. The summed E-state index contributed by atoms with van der Waals surface area (Å²) in [6.07, 6.45) is 0.992. The standard InChI is InChI=1S/C15H23ClFNO/c1-5-9-18-14(15(3,4)19-6-2)12-10-11(17)7-8-13(12)16/h7-8,10,14,18H,5-6,9H2,1-4H3. The van der Waals surface area contributed by atoms with E-state index in [4.69, 9.17) is 16.3 Å². The highest BCUT2D eigenvalue weighted by molar-refractivity contribution is 6.31. The summed E-state index contributed by atoms with van der Waals surface area (Å²) in [6.45, 7) is 9.45. The van der Waals surface area contributed by atoms with Gasteiger partial charge in [0.25, 0.3) is 0 Å². The first-order valence-electron chi connectivity index (χ1n) is 6.74. The van der Waals surface area contributed by atoms with Gasteiger partial charge in [0.15, 0.2) is 0 Å². The lowest BCUT2D eigenvalue weighted by Crippen LogP contribution is -2.42. The second-order valence-corrected chi connectivity index (χ2v) is 5.50. The first-order valence-corrected chi connectivity index (χ1v) is 7.12. The predicted octanol–water partition coefficient (Wildman–Crippen LogP) is 4.33. The zero-order chi connectivity index (χ0) is 14.5. The Balaban J connectivity index is 3.11. The molecule has 0 bridgehead atoms. The molecule has 0 saturated heterocycles. The molecule has 1 rings (SSSR count). The molecule has 0 aliphatic heterocycles. The molecule has 0 saturated carbocycles. The van der Waals surface area contributed by atoms with Gasteiger partial charge >= 0.3 is 0 Å². The van der Waals surface area contributed by atoms with Crippen molar-refractivity contribution in [3.8, 4) is 0 Å². The summed E-state index contributed by atoms with van der Waals surface area (Å²) in [5, 5.41) is 3.96. The van der Waals surface area contributed by atoms with Crippen LogP contribution in [0.2, 0.25) is 5.02 Å². The predicted molar refractivity (Wildman–Crippen MR) is 78.1 cm³/mol. The van der Waals surface area contributed by atoms with E-state index < -0.39 is 5.60 Å². The fourth-order valence-electron chi connectivity index (χ4n) is 2.21. The summed E-state index contributed by atoms with van der Waals surface area (Å²) in [4.78, 5) is 0. The molecule has 0 spiro atoms. The maximum absolute atomic E-state index is 13.5. The van der Waals surface area contributed by atoms with Gasteiger partial charge in [-0.05, 0) is 57.5 Å². The van der Waals surface area contributed by atoms with Gasteiger partial charge in [-0.3, -0.25) is 0 Å². The molecule has 0 fully saturated rings. The summed E-state index contributed by atoms with van der Waals surface area (Å²) in [5.41, 5.74) is 0.287. The quantitative estimate of drug-likeness (QED) is 0.806. The highest BCUT2D eigenvalue weighted by Crippen LogP contribution is 2.33.